The van der Waals surface area contributed by atoms with Crippen LogP contribution in [0.4, 0.5) is 0 Å². The predicted octanol–water partition coefficient (Wildman–Crippen LogP) is 3.83. The zero-order valence-electron chi connectivity index (χ0n) is 18.1. The molecule has 0 amide bonds. The molecule has 4 aromatic carbocycles. The number of hydrogen-bond acceptors (Lipinski definition) is 1. The molecule has 0 aliphatic rings. The molecule has 0 aliphatic heterocycles. The van der Waals surface area contributed by atoms with E-state index in [2.05, 4.69) is 117 Å². The van der Waals surface area contributed by atoms with E-state index in [-0.39, 0.29) is 29.9 Å². The summed E-state index contributed by atoms with van der Waals surface area (Å²) in [5.74, 6) is 0. The van der Waals surface area contributed by atoms with Crippen molar-refractivity contribution in [2.24, 2.45) is 0 Å². The number of aromatic nitrogens is 1. The molecule has 0 N–H and O–H groups in total. The fourth-order valence-electron chi connectivity index (χ4n) is 3.64. The average Bonchev–Trinajstić information content (AvgIpc) is 2.82. The van der Waals surface area contributed by atoms with E-state index in [0.717, 1.165) is 5.52 Å². The van der Waals surface area contributed by atoms with Crippen molar-refractivity contribution in [3.8, 4) is 11.1 Å². The van der Waals surface area contributed by atoms with E-state index in [0.29, 0.717) is 0 Å². The second kappa shape index (κ2) is 9.45. The van der Waals surface area contributed by atoms with Crippen LogP contribution in [0.25, 0.3) is 22.0 Å². The van der Waals surface area contributed by atoms with Crippen molar-refractivity contribution in [2.45, 2.75) is 13.8 Å². The minimum absolute atomic E-state index is 0.126. The summed E-state index contributed by atoms with van der Waals surface area (Å²) in [6.07, 6.45) is 0. The van der Waals surface area contributed by atoms with E-state index < -0.39 is 0 Å². The Labute approximate surface area is 202 Å². The van der Waals surface area contributed by atoms with Crippen LogP contribution in [0.3, 0.4) is 0 Å². The summed E-state index contributed by atoms with van der Waals surface area (Å²) in [6, 6.07) is 37.4. The molecule has 156 valence electrons. The van der Waals surface area contributed by atoms with Gasteiger partial charge in [-0.3, -0.25) is 0 Å². The first kappa shape index (κ1) is 21.2. The molecule has 0 fully saturated rings. The Morgan fingerprint density at radius 3 is 1.78 bits per heavy atom. The van der Waals surface area contributed by atoms with Gasteiger partial charge in [0.15, 0.2) is 0 Å². The van der Waals surface area contributed by atoms with E-state index >= 15 is 0 Å². The van der Waals surface area contributed by atoms with Gasteiger partial charge in [-0.15, -0.1) is 0 Å². The Hall–Kier alpha value is -2.67. The second-order valence-corrected chi connectivity index (χ2v) is 12.3. The molecule has 0 atom stereocenters. The van der Waals surface area contributed by atoms with Crippen molar-refractivity contribution in [1.29, 1.82) is 0 Å². The third kappa shape index (κ3) is 4.58. The van der Waals surface area contributed by atoms with Gasteiger partial charge in [-0.2, -0.15) is 0 Å². The van der Waals surface area contributed by atoms with E-state index in [9.17, 15) is 0 Å². The maximum atomic E-state index is 5.22. The molecule has 0 unspecified atom stereocenters. The monoisotopic (exact) mass is 545 g/mol. The number of nitrogens with zero attached hydrogens (tertiary/aromatic N) is 1. The summed E-state index contributed by atoms with van der Waals surface area (Å²) < 4.78 is 5.40. The van der Waals surface area contributed by atoms with Gasteiger partial charge in [0.25, 0.3) is 0 Å². The number of pyridine rings is 1. The van der Waals surface area contributed by atoms with Gasteiger partial charge in [-0.05, 0) is 0 Å². The van der Waals surface area contributed by atoms with Gasteiger partial charge in [0.1, 0.15) is 0 Å². The standard InChI is InChI=1S/C29H23NSe2/c1-20-12-16-23(17-13-20)31-28-25-10-6-7-11-26(25)30-29(27(28)22-8-4-3-5-9-22)32-24-18-14-21(2)15-19-24/h3-19H,1-2H3. The zero-order chi connectivity index (χ0) is 21.9. The Morgan fingerprint density at radius 2 is 1.12 bits per heavy atom. The summed E-state index contributed by atoms with van der Waals surface area (Å²) >= 11 is 0.306. The first-order chi connectivity index (χ1) is 15.7. The van der Waals surface area contributed by atoms with Crippen LogP contribution in [-0.2, 0) is 0 Å². The number of benzene rings is 4. The van der Waals surface area contributed by atoms with Crippen LogP contribution in [-0.4, -0.2) is 34.9 Å². The third-order valence-electron chi connectivity index (χ3n) is 5.35. The van der Waals surface area contributed by atoms with Gasteiger partial charge in [0.05, 0.1) is 0 Å². The summed E-state index contributed by atoms with van der Waals surface area (Å²) in [5.41, 5.74) is 6.28. The molecule has 0 aliphatic carbocycles. The zero-order valence-corrected chi connectivity index (χ0v) is 21.5. The summed E-state index contributed by atoms with van der Waals surface area (Å²) in [6.45, 7) is 4.29. The molecule has 0 bridgehead atoms. The van der Waals surface area contributed by atoms with Crippen LogP contribution in [0.1, 0.15) is 11.1 Å². The molecule has 5 rings (SSSR count). The fourth-order valence-corrected chi connectivity index (χ4v) is 8.31. The topological polar surface area (TPSA) is 12.9 Å². The number of fused-ring (bicyclic) bond motifs is 1. The third-order valence-corrected chi connectivity index (χ3v) is 9.82. The summed E-state index contributed by atoms with van der Waals surface area (Å²) in [5, 5.41) is 1.27. The normalized spacial score (nSPS) is 11.1. The van der Waals surface area contributed by atoms with Crippen molar-refractivity contribution in [3.63, 3.8) is 0 Å². The predicted molar refractivity (Wildman–Crippen MR) is 140 cm³/mol. The maximum absolute atomic E-state index is 5.22. The Kier molecular flexibility index (Phi) is 6.25. The van der Waals surface area contributed by atoms with Gasteiger partial charge >= 0.3 is 203 Å². The summed E-state index contributed by atoms with van der Waals surface area (Å²) in [7, 11) is 0. The Bertz CT molecular complexity index is 1360. The van der Waals surface area contributed by atoms with Gasteiger partial charge in [0.2, 0.25) is 0 Å². The van der Waals surface area contributed by atoms with Crippen LogP contribution < -0.4 is 18.0 Å². The molecule has 1 heterocycles. The fraction of sp³-hybridized carbons (Fsp3) is 0.0690. The number of aryl methyl sites for hydroxylation is 2. The van der Waals surface area contributed by atoms with E-state index in [4.69, 9.17) is 4.98 Å². The molecule has 1 nitrogen and oxygen atoms in total. The van der Waals surface area contributed by atoms with Gasteiger partial charge in [-0.25, -0.2) is 0 Å². The van der Waals surface area contributed by atoms with Crippen molar-refractivity contribution in [3.05, 3.63) is 114 Å². The van der Waals surface area contributed by atoms with Crippen LogP contribution in [0, 0.1) is 13.8 Å². The van der Waals surface area contributed by atoms with E-state index in [1.54, 1.807) is 0 Å². The quantitative estimate of drug-likeness (QED) is 0.308. The van der Waals surface area contributed by atoms with Crippen LogP contribution in [0.2, 0.25) is 0 Å². The molecule has 0 saturated heterocycles. The average molecular weight is 543 g/mol. The second-order valence-electron chi connectivity index (χ2n) is 7.83. The van der Waals surface area contributed by atoms with Crippen LogP contribution in [0.5, 0.6) is 0 Å². The first-order valence-corrected chi connectivity index (χ1v) is 14.1. The first-order valence-electron chi connectivity index (χ1n) is 10.6. The van der Waals surface area contributed by atoms with Gasteiger partial charge in [0, 0.05) is 0 Å². The molecule has 0 spiro atoms. The number of para-hydroxylation sites is 1. The van der Waals surface area contributed by atoms with Crippen LogP contribution >= 0.6 is 0 Å². The van der Waals surface area contributed by atoms with E-state index in [1.807, 2.05) is 0 Å². The van der Waals surface area contributed by atoms with Gasteiger partial charge < -0.3 is 0 Å². The van der Waals surface area contributed by atoms with Crippen molar-refractivity contribution in [2.75, 3.05) is 0 Å². The molecule has 5 aromatic rings. The molecule has 0 radical (unpaired) electrons. The molecule has 32 heavy (non-hydrogen) atoms. The molecular weight excluding hydrogens is 520 g/mol. The van der Waals surface area contributed by atoms with Crippen molar-refractivity contribution < 1.29 is 0 Å². The van der Waals surface area contributed by atoms with Gasteiger partial charge in [-0.1, -0.05) is 0 Å². The number of hydrogen-bond donors (Lipinski definition) is 0. The molecule has 0 saturated carbocycles. The Morgan fingerprint density at radius 1 is 0.562 bits per heavy atom. The number of rotatable bonds is 5. The molecular formula is C29H23NSe2. The Balaban J connectivity index is 1.74. The van der Waals surface area contributed by atoms with Crippen molar-refractivity contribution in [1.82, 2.24) is 4.98 Å². The SMILES string of the molecule is Cc1ccc([Se]c2nc3ccccc3c([Se]c3ccc(C)cc3)c2-c2ccccc2)cc1. The van der Waals surface area contributed by atoms with E-state index in [1.165, 1.54) is 45.6 Å². The molecule has 3 heteroatoms. The molecule has 1 aromatic heterocycles. The minimum atomic E-state index is 0.126. The summed E-state index contributed by atoms with van der Waals surface area (Å²) in [4.78, 5) is 5.22. The van der Waals surface area contributed by atoms with Crippen LogP contribution in [0.15, 0.2) is 103 Å². The van der Waals surface area contributed by atoms with Crippen molar-refractivity contribution >= 4 is 58.8 Å².